The predicted octanol–water partition coefficient (Wildman–Crippen LogP) is 5.31. The number of carbonyl (C=O) groups is 1. The standard InChI is InChI=1S/C23H22FNO3/c24-19-13-17(22(23(26)27)16-6-1-2-7-16)10-12-21(19)28-14-18-11-9-15-5-3-4-8-20(15)25-18/h3-5,8-13,16,22H,1-2,6-7,14H2,(H,26,27). The molecule has 1 aliphatic rings. The molecule has 144 valence electrons. The summed E-state index contributed by atoms with van der Waals surface area (Å²) in [5.41, 5.74) is 2.07. The van der Waals surface area contributed by atoms with Gasteiger partial charge in [0.05, 0.1) is 17.1 Å². The summed E-state index contributed by atoms with van der Waals surface area (Å²) in [6.45, 7) is 0.145. The Morgan fingerprint density at radius 1 is 1.14 bits per heavy atom. The number of carboxylic acids is 1. The van der Waals surface area contributed by atoms with Crippen LogP contribution in [0.2, 0.25) is 0 Å². The SMILES string of the molecule is O=C(O)C(c1ccc(OCc2ccc3ccccc3n2)c(F)c1)C1CCCC1. The molecule has 3 aromatic rings. The van der Waals surface area contributed by atoms with Crippen LogP contribution in [0, 0.1) is 11.7 Å². The number of pyridine rings is 1. The number of ether oxygens (including phenoxy) is 1. The molecular formula is C23H22FNO3. The van der Waals surface area contributed by atoms with Crippen molar-refractivity contribution >= 4 is 16.9 Å². The molecule has 1 saturated carbocycles. The number of hydrogen-bond donors (Lipinski definition) is 1. The second-order valence-corrected chi connectivity index (χ2v) is 7.33. The highest BCUT2D eigenvalue weighted by molar-refractivity contribution is 5.78. The van der Waals surface area contributed by atoms with Crippen LogP contribution in [-0.4, -0.2) is 16.1 Å². The molecule has 0 bridgehead atoms. The Kier molecular flexibility index (Phi) is 5.24. The van der Waals surface area contributed by atoms with Crippen molar-refractivity contribution < 1.29 is 19.0 Å². The van der Waals surface area contributed by atoms with Gasteiger partial charge in [0.15, 0.2) is 11.6 Å². The molecule has 1 heterocycles. The third-order valence-corrected chi connectivity index (χ3v) is 5.48. The van der Waals surface area contributed by atoms with E-state index in [0.29, 0.717) is 11.3 Å². The third-order valence-electron chi connectivity index (χ3n) is 5.48. The molecule has 1 aromatic heterocycles. The third kappa shape index (κ3) is 3.84. The molecule has 0 radical (unpaired) electrons. The smallest absolute Gasteiger partial charge is 0.311 e. The van der Waals surface area contributed by atoms with Crippen LogP contribution in [-0.2, 0) is 11.4 Å². The largest absolute Gasteiger partial charge is 0.484 e. The topological polar surface area (TPSA) is 59.4 Å². The van der Waals surface area contributed by atoms with Gasteiger partial charge in [-0.25, -0.2) is 9.37 Å². The van der Waals surface area contributed by atoms with Gasteiger partial charge in [0, 0.05) is 5.39 Å². The lowest BCUT2D eigenvalue weighted by Gasteiger charge is -2.20. The molecule has 4 rings (SSSR count). The van der Waals surface area contributed by atoms with Crippen molar-refractivity contribution in [1.82, 2.24) is 4.98 Å². The van der Waals surface area contributed by atoms with Gasteiger partial charge in [-0.1, -0.05) is 43.2 Å². The summed E-state index contributed by atoms with van der Waals surface area (Å²) < 4.78 is 20.2. The lowest BCUT2D eigenvalue weighted by Crippen LogP contribution is -2.19. The zero-order valence-corrected chi connectivity index (χ0v) is 15.5. The molecule has 1 fully saturated rings. The number of hydrogen-bond acceptors (Lipinski definition) is 3. The molecule has 0 spiro atoms. The number of fused-ring (bicyclic) bond motifs is 1. The molecule has 0 amide bonds. The Balaban J connectivity index is 1.50. The van der Waals surface area contributed by atoms with Gasteiger partial charge in [-0.05, 0) is 48.6 Å². The highest BCUT2D eigenvalue weighted by Crippen LogP contribution is 2.38. The van der Waals surface area contributed by atoms with Crippen LogP contribution in [0.5, 0.6) is 5.75 Å². The first kappa shape index (κ1) is 18.4. The number of nitrogens with zero attached hydrogens (tertiary/aromatic N) is 1. The summed E-state index contributed by atoms with van der Waals surface area (Å²) in [6.07, 6.45) is 3.84. The molecule has 1 unspecified atom stereocenters. The van der Waals surface area contributed by atoms with Crippen molar-refractivity contribution in [2.45, 2.75) is 38.2 Å². The van der Waals surface area contributed by atoms with E-state index in [1.165, 1.54) is 12.1 Å². The molecule has 28 heavy (non-hydrogen) atoms. The van der Waals surface area contributed by atoms with E-state index in [0.717, 1.165) is 36.6 Å². The molecule has 2 aromatic carbocycles. The Labute approximate surface area is 163 Å². The lowest BCUT2D eigenvalue weighted by atomic mass is 9.85. The number of para-hydroxylation sites is 1. The number of aliphatic carboxylic acids is 1. The van der Waals surface area contributed by atoms with E-state index in [9.17, 15) is 14.3 Å². The molecule has 1 atom stereocenters. The molecule has 1 N–H and O–H groups in total. The van der Waals surface area contributed by atoms with Gasteiger partial charge in [0.1, 0.15) is 6.61 Å². The molecule has 4 nitrogen and oxygen atoms in total. The number of halogens is 1. The fourth-order valence-corrected chi connectivity index (χ4v) is 4.08. The predicted molar refractivity (Wildman–Crippen MR) is 105 cm³/mol. The van der Waals surface area contributed by atoms with E-state index in [4.69, 9.17) is 4.74 Å². The van der Waals surface area contributed by atoms with Crippen molar-refractivity contribution in [2.24, 2.45) is 5.92 Å². The first-order valence-corrected chi connectivity index (χ1v) is 9.61. The summed E-state index contributed by atoms with van der Waals surface area (Å²) in [6, 6.07) is 16.1. The number of aromatic nitrogens is 1. The van der Waals surface area contributed by atoms with Crippen LogP contribution in [0.15, 0.2) is 54.6 Å². The van der Waals surface area contributed by atoms with Crippen LogP contribution in [0.1, 0.15) is 42.9 Å². The zero-order valence-electron chi connectivity index (χ0n) is 15.5. The van der Waals surface area contributed by atoms with Gasteiger partial charge < -0.3 is 9.84 Å². The van der Waals surface area contributed by atoms with Gasteiger partial charge in [-0.15, -0.1) is 0 Å². The fourth-order valence-electron chi connectivity index (χ4n) is 4.08. The van der Waals surface area contributed by atoms with Gasteiger partial charge in [-0.2, -0.15) is 0 Å². The zero-order chi connectivity index (χ0) is 19.5. The minimum Gasteiger partial charge on any atom is -0.484 e. The van der Waals surface area contributed by atoms with E-state index < -0.39 is 17.7 Å². The second kappa shape index (κ2) is 7.97. The minimum atomic E-state index is -0.889. The summed E-state index contributed by atoms with van der Waals surface area (Å²) in [5, 5.41) is 10.7. The van der Waals surface area contributed by atoms with Gasteiger partial charge in [0.2, 0.25) is 0 Å². The van der Waals surface area contributed by atoms with Crippen molar-refractivity contribution in [3.8, 4) is 5.75 Å². The van der Waals surface area contributed by atoms with Crippen molar-refractivity contribution in [2.75, 3.05) is 0 Å². The maximum atomic E-state index is 14.6. The van der Waals surface area contributed by atoms with Crippen molar-refractivity contribution in [3.05, 3.63) is 71.7 Å². The Morgan fingerprint density at radius 2 is 1.93 bits per heavy atom. The highest BCUT2D eigenvalue weighted by atomic mass is 19.1. The molecule has 0 saturated heterocycles. The Hall–Kier alpha value is -2.95. The monoisotopic (exact) mass is 379 g/mol. The maximum absolute atomic E-state index is 14.6. The number of carboxylic acid groups (broad SMARTS) is 1. The van der Waals surface area contributed by atoms with Crippen LogP contribution in [0.25, 0.3) is 10.9 Å². The molecule has 5 heteroatoms. The molecule has 0 aliphatic heterocycles. The molecular weight excluding hydrogens is 357 g/mol. The first-order valence-electron chi connectivity index (χ1n) is 9.61. The Bertz CT molecular complexity index is 998. The Morgan fingerprint density at radius 3 is 2.68 bits per heavy atom. The van der Waals surface area contributed by atoms with E-state index >= 15 is 0 Å². The fraction of sp³-hybridized carbons (Fsp3) is 0.304. The minimum absolute atomic E-state index is 0.0745. The van der Waals surface area contributed by atoms with Crippen LogP contribution < -0.4 is 4.74 Å². The normalized spacial score (nSPS) is 15.6. The molecule has 1 aliphatic carbocycles. The van der Waals surface area contributed by atoms with Crippen molar-refractivity contribution in [1.29, 1.82) is 0 Å². The first-order chi connectivity index (χ1) is 13.6. The highest BCUT2D eigenvalue weighted by Gasteiger charge is 2.32. The lowest BCUT2D eigenvalue weighted by molar-refractivity contribution is -0.140. The summed E-state index contributed by atoms with van der Waals surface area (Å²) in [4.78, 5) is 16.3. The number of rotatable bonds is 6. The van der Waals surface area contributed by atoms with Gasteiger partial charge in [0.25, 0.3) is 0 Å². The van der Waals surface area contributed by atoms with Crippen LogP contribution >= 0.6 is 0 Å². The summed E-state index contributed by atoms with van der Waals surface area (Å²) in [5.74, 6) is -1.91. The number of benzene rings is 2. The van der Waals surface area contributed by atoms with Gasteiger partial charge >= 0.3 is 5.97 Å². The van der Waals surface area contributed by atoms with Crippen molar-refractivity contribution in [3.63, 3.8) is 0 Å². The quantitative estimate of drug-likeness (QED) is 0.630. The van der Waals surface area contributed by atoms with Crippen LogP contribution in [0.3, 0.4) is 0 Å². The van der Waals surface area contributed by atoms with E-state index in [2.05, 4.69) is 4.98 Å². The summed E-state index contributed by atoms with van der Waals surface area (Å²) in [7, 11) is 0. The van der Waals surface area contributed by atoms with Gasteiger partial charge in [-0.3, -0.25) is 4.79 Å². The summed E-state index contributed by atoms with van der Waals surface area (Å²) >= 11 is 0. The maximum Gasteiger partial charge on any atom is 0.311 e. The van der Waals surface area contributed by atoms with Crippen LogP contribution in [0.4, 0.5) is 4.39 Å². The second-order valence-electron chi connectivity index (χ2n) is 7.33. The average Bonchev–Trinajstić information content (AvgIpc) is 3.21. The van der Waals surface area contributed by atoms with E-state index in [1.54, 1.807) is 6.07 Å². The van der Waals surface area contributed by atoms with E-state index in [1.807, 2.05) is 36.4 Å². The average molecular weight is 379 g/mol. The van der Waals surface area contributed by atoms with E-state index in [-0.39, 0.29) is 18.3 Å².